The summed E-state index contributed by atoms with van der Waals surface area (Å²) in [6.45, 7) is 7.85. The van der Waals surface area contributed by atoms with Gasteiger partial charge in [0.25, 0.3) is 0 Å². The lowest BCUT2D eigenvalue weighted by Crippen LogP contribution is -2.08. The first-order chi connectivity index (χ1) is 9.86. The number of rotatable bonds is 4. The van der Waals surface area contributed by atoms with E-state index in [1.807, 2.05) is 18.2 Å². The summed E-state index contributed by atoms with van der Waals surface area (Å²) in [7, 11) is 0. The SMILES string of the molecule is CC(=O)Nc1ccc(NC(C)c2cc(C)sc2C)cc1Cl. The Labute approximate surface area is 134 Å². The fourth-order valence-electron chi connectivity index (χ4n) is 2.30. The topological polar surface area (TPSA) is 41.1 Å². The highest BCUT2D eigenvalue weighted by atomic mass is 35.5. The molecule has 2 N–H and O–H groups in total. The van der Waals surface area contributed by atoms with Crippen molar-refractivity contribution in [1.29, 1.82) is 0 Å². The van der Waals surface area contributed by atoms with Crippen molar-refractivity contribution in [2.45, 2.75) is 33.7 Å². The molecule has 5 heteroatoms. The van der Waals surface area contributed by atoms with Crippen LogP contribution in [-0.2, 0) is 4.79 Å². The number of aryl methyl sites for hydroxylation is 2. The third kappa shape index (κ3) is 3.99. The first-order valence-electron chi connectivity index (χ1n) is 6.77. The summed E-state index contributed by atoms with van der Waals surface area (Å²) in [6, 6.07) is 7.98. The third-order valence-electron chi connectivity index (χ3n) is 3.21. The van der Waals surface area contributed by atoms with Gasteiger partial charge < -0.3 is 10.6 Å². The van der Waals surface area contributed by atoms with Crippen LogP contribution in [0.2, 0.25) is 5.02 Å². The number of nitrogens with one attached hydrogen (secondary N) is 2. The molecule has 1 atom stereocenters. The molecule has 1 heterocycles. The van der Waals surface area contributed by atoms with Gasteiger partial charge in [0.05, 0.1) is 10.7 Å². The average molecular weight is 323 g/mol. The smallest absolute Gasteiger partial charge is 0.221 e. The van der Waals surface area contributed by atoms with Crippen LogP contribution in [0.3, 0.4) is 0 Å². The number of carbonyl (C=O) groups excluding carboxylic acids is 1. The van der Waals surface area contributed by atoms with Crippen molar-refractivity contribution in [3.8, 4) is 0 Å². The summed E-state index contributed by atoms with van der Waals surface area (Å²) < 4.78 is 0. The molecule has 3 nitrogen and oxygen atoms in total. The minimum Gasteiger partial charge on any atom is -0.378 e. The van der Waals surface area contributed by atoms with Crippen molar-refractivity contribution in [3.05, 3.63) is 44.6 Å². The molecule has 2 rings (SSSR count). The second-order valence-corrected chi connectivity index (χ2v) is 6.98. The maximum atomic E-state index is 11.1. The Morgan fingerprint density at radius 3 is 2.52 bits per heavy atom. The zero-order valence-electron chi connectivity index (χ0n) is 12.6. The molecule has 0 saturated carbocycles. The molecular formula is C16H19ClN2OS. The van der Waals surface area contributed by atoms with E-state index in [4.69, 9.17) is 11.6 Å². The van der Waals surface area contributed by atoms with Gasteiger partial charge in [-0.15, -0.1) is 11.3 Å². The van der Waals surface area contributed by atoms with Crippen molar-refractivity contribution in [3.63, 3.8) is 0 Å². The number of halogens is 1. The van der Waals surface area contributed by atoms with Gasteiger partial charge in [0.2, 0.25) is 5.91 Å². The van der Waals surface area contributed by atoms with E-state index >= 15 is 0 Å². The predicted molar refractivity (Wildman–Crippen MR) is 91.6 cm³/mol. The minimum atomic E-state index is -0.129. The van der Waals surface area contributed by atoms with Gasteiger partial charge in [-0.3, -0.25) is 4.79 Å². The monoisotopic (exact) mass is 322 g/mol. The van der Waals surface area contributed by atoms with E-state index in [-0.39, 0.29) is 11.9 Å². The molecule has 2 aromatic rings. The Balaban J connectivity index is 2.14. The van der Waals surface area contributed by atoms with Gasteiger partial charge >= 0.3 is 0 Å². The molecule has 0 fully saturated rings. The summed E-state index contributed by atoms with van der Waals surface area (Å²) >= 11 is 7.99. The van der Waals surface area contributed by atoms with Gasteiger partial charge in [0.1, 0.15) is 0 Å². The fraction of sp³-hybridized carbons (Fsp3) is 0.312. The molecule has 0 spiro atoms. The zero-order chi connectivity index (χ0) is 15.6. The average Bonchev–Trinajstić information content (AvgIpc) is 2.71. The highest BCUT2D eigenvalue weighted by molar-refractivity contribution is 7.12. The molecule has 0 bridgehead atoms. The normalized spacial score (nSPS) is 12.0. The highest BCUT2D eigenvalue weighted by Gasteiger charge is 2.12. The van der Waals surface area contributed by atoms with E-state index in [1.165, 1.54) is 22.2 Å². The first kappa shape index (κ1) is 15.9. The van der Waals surface area contributed by atoms with Crippen molar-refractivity contribution >= 4 is 40.2 Å². The summed E-state index contributed by atoms with van der Waals surface area (Å²) in [5.74, 6) is -0.129. The Morgan fingerprint density at radius 2 is 2.00 bits per heavy atom. The van der Waals surface area contributed by atoms with Gasteiger partial charge in [0.15, 0.2) is 0 Å². The fourth-order valence-corrected chi connectivity index (χ4v) is 3.55. The molecule has 1 aromatic heterocycles. The van der Waals surface area contributed by atoms with Crippen molar-refractivity contribution in [2.24, 2.45) is 0 Å². The maximum Gasteiger partial charge on any atom is 0.221 e. The van der Waals surface area contributed by atoms with Crippen LogP contribution >= 0.6 is 22.9 Å². The largest absolute Gasteiger partial charge is 0.378 e. The van der Waals surface area contributed by atoms with Gasteiger partial charge in [-0.05, 0) is 50.6 Å². The molecule has 21 heavy (non-hydrogen) atoms. The number of amides is 1. The summed E-state index contributed by atoms with van der Waals surface area (Å²) in [5, 5.41) is 6.67. The second kappa shape index (κ2) is 6.50. The number of hydrogen-bond donors (Lipinski definition) is 2. The van der Waals surface area contributed by atoms with Gasteiger partial charge in [-0.1, -0.05) is 11.6 Å². The zero-order valence-corrected chi connectivity index (χ0v) is 14.2. The lowest BCUT2D eigenvalue weighted by Gasteiger charge is -2.16. The highest BCUT2D eigenvalue weighted by Crippen LogP contribution is 2.31. The lowest BCUT2D eigenvalue weighted by atomic mass is 10.1. The van der Waals surface area contributed by atoms with Crippen LogP contribution in [-0.4, -0.2) is 5.91 Å². The molecule has 0 aliphatic heterocycles. The molecule has 0 radical (unpaired) electrons. The van der Waals surface area contributed by atoms with E-state index in [0.29, 0.717) is 10.7 Å². The summed E-state index contributed by atoms with van der Waals surface area (Å²) in [5.41, 5.74) is 2.87. The quantitative estimate of drug-likeness (QED) is 0.817. The van der Waals surface area contributed by atoms with Crippen molar-refractivity contribution in [1.82, 2.24) is 0 Å². The molecule has 1 amide bonds. The number of hydrogen-bond acceptors (Lipinski definition) is 3. The number of anilines is 2. The van der Waals surface area contributed by atoms with E-state index < -0.39 is 0 Å². The van der Waals surface area contributed by atoms with E-state index in [1.54, 1.807) is 11.3 Å². The standard InChI is InChI=1S/C16H19ClN2OS/c1-9-7-14(11(3)21-9)10(2)18-13-5-6-16(15(17)8-13)19-12(4)20/h5-8,10,18H,1-4H3,(H,19,20). The van der Waals surface area contributed by atoms with E-state index in [2.05, 4.69) is 37.5 Å². The molecule has 0 saturated heterocycles. The Kier molecular flexibility index (Phi) is 4.91. The summed E-state index contributed by atoms with van der Waals surface area (Å²) in [6.07, 6.45) is 0. The molecular weight excluding hydrogens is 304 g/mol. The molecule has 0 aliphatic carbocycles. The Bertz CT molecular complexity index is 666. The first-order valence-corrected chi connectivity index (χ1v) is 7.97. The molecule has 1 aromatic carbocycles. The number of benzene rings is 1. The summed E-state index contributed by atoms with van der Waals surface area (Å²) in [4.78, 5) is 13.7. The van der Waals surface area contributed by atoms with Crippen molar-refractivity contribution < 1.29 is 4.79 Å². The van der Waals surface area contributed by atoms with Crippen LogP contribution in [0.15, 0.2) is 24.3 Å². The molecule has 0 aliphatic rings. The lowest BCUT2D eigenvalue weighted by molar-refractivity contribution is -0.114. The van der Waals surface area contributed by atoms with E-state index in [0.717, 1.165) is 5.69 Å². The Morgan fingerprint density at radius 1 is 1.29 bits per heavy atom. The van der Waals surface area contributed by atoms with Crippen LogP contribution in [0.5, 0.6) is 0 Å². The van der Waals surface area contributed by atoms with Crippen LogP contribution in [0, 0.1) is 13.8 Å². The number of thiophene rings is 1. The van der Waals surface area contributed by atoms with Gasteiger partial charge in [-0.25, -0.2) is 0 Å². The van der Waals surface area contributed by atoms with Crippen molar-refractivity contribution in [2.75, 3.05) is 10.6 Å². The predicted octanol–water partition coefficient (Wildman–Crippen LogP) is 5.15. The van der Waals surface area contributed by atoms with Crippen LogP contribution in [0.25, 0.3) is 0 Å². The van der Waals surface area contributed by atoms with Crippen LogP contribution in [0.4, 0.5) is 11.4 Å². The number of carbonyl (C=O) groups is 1. The second-order valence-electron chi connectivity index (χ2n) is 5.11. The van der Waals surface area contributed by atoms with Crippen LogP contribution in [0.1, 0.15) is 35.2 Å². The van der Waals surface area contributed by atoms with Gasteiger partial charge in [-0.2, -0.15) is 0 Å². The third-order valence-corrected chi connectivity index (χ3v) is 4.50. The maximum absolute atomic E-state index is 11.1. The van der Waals surface area contributed by atoms with Gasteiger partial charge in [0, 0.05) is 28.4 Å². The minimum absolute atomic E-state index is 0.129. The molecule has 112 valence electrons. The van der Waals surface area contributed by atoms with E-state index in [9.17, 15) is 4.79 Å². The molecule has 1 unspecified atom stereocenters. The van der Waals surface area contributed by atoms with Crippen LogP contribution < -0.4 is 10.6 Å². The Hall–Kier alpha value is -1.52.